The molecule has 0 spiro atoms. The summed E-state index contributed by atoms with van der Waals surface area (Å²) in [6, 6.07) is 24.6. The molecule has 0 aromatic heterocycles. The summed E-state index contributed by atoms with van der Waals surface area (Å²) in [7, 11) is -3.11. The van der Waals surface area contributed by atoms with Gasteiger partial charge in [0.25, 0.3) is 5.91 Å². The van der Waals surface area contributed by atoms with E-state index in [0.717, 1.165) is 16.9 Å². The number of hydrogen-bond donors (Lipinski definition) is 1. The molecule has 0 radical (unpaired) electrons. The molecule has 0 saturated heterocycles. The number of nitrogens with zero attached hydrogens (tertiary/aromatic N) is 1. The van der Waals surface area contributed by atoms with Gasteiger partial charge in [-0.2, -0.15) is 0 Å². The molecule has 3 aromatic rings. The summed E-state index contributed by atoms with van der Waals surface area (Å²) in [5, 5.41) is 3.52. The minimum atomic E-state index is -3.11. The number of anilines is 2. The van der Waals surface area contributed by atoms with Crippen LogP contribution in [-0.2, 0) is 15.6 Å². The van der Waals surface area contributed by atoms with E-state index in [-0.39, 0.29) is 17.7 Å². The Kier molecular flexibility index (Phi) is 5.11. The van der Waals surface area contributed by atoms with Crippen molar-refractivity contribution in [2.24, 2.45) is 0 Å². The van der Waals surface area contributed by atoms with Crippen LogP contribution in [0, 0.1) is 0 Å². The largest absolute Gasteiger partial charge is 0.375 e. The molecule has 5 nitrogen and oxygen atoms in total. The van der Waals surface area contributed by atoms with E-state index in [1.165, 1.54) is 6.26 Å². The third kappa shape index (κ3) is 4.32. The van der Waals surface area contributed by atoms with Crippen LogP contribution in [-0.4, -0.2) is 27.1 Å². The van der Waals surface area contributed by atoms with Crippen molar-refractivity contribution in [3.63, 3.8) is 0 Å². The van der Waals surface area contributed by atoms with Crippen molar-refractivity contribution < 1.29 is 13.2 Å². The van der Waals surface area contributed by atoms with Gasteiger partial charge in [-0.05, 0) is 35.4 Å². The molecule has 6 heteroatoms. The van der Waals surface area contributed by atoms with E-state index < -0.39 is 9.84 Å². The Morgan fingerprint density at radius 3 is 2.31 bits per heavy atom. The molecule has 0 fully saturated rings. The van der Waals surface area contributed by atoms with Crippen LogP contribution in [0.5, 0.6) is 0 Å². The van der Waals surface area contributed by atoms with Gasteiger partial charge in [0.1, 0.15) is 0 Å². The number of benzene rings is 3. The molecule has 29 heavy (non-hydrogen) atoms. The molecular formula is C23H22N2O3S. The standard InChI is InChI=1S/C23H22N2O3S/c1-29(27,28)16-17-11-13-19(14-12-17)23(26)25-15-21(18-7-3-2-4-8-18)24-20-9-5-6-10-22(20)25/h2-14,21,24H,15-16H2,1H3. The molecule has 4 rings (SSSR count). The zero-order valence-electron chi connectivity index (χ0n) is 16.1. The van der Waals surface area contributed by atoms with E-state index in [2.05, 4.69) is 5.32 Å². The average Bonchev–Trinajstić information content (AvgIpc) is 2.72. The summed E-state index contributed by atoms with van der Waals surface area (Å²) in [4.78, 5) is 15.1. The van der Waals surface area contributed by atoms with Gasteiger partial charge in [-0.1, -0.05) is 54.6 Å². The van der Waals surface area contributed by atoms with Crippen molar-refractivity contribution in [2.45, 2.75) is 11.8 Å². The summed E-state index contributed by atoms with van der Waals surface area (Å²) in [6.07, 6.45) is 1.20. The molecule has 3 aromatic carbocycles. The van der Waals surface area contributed by atoms with Crippen LogP contribution in [0.4, 0.5) is 11.4 Å². The van der Waals surface area contributed by atoms with Gasteiger partial charge in [-0.3, -0.25) is 4.79 Å². The Labute approximate surface area is 170 Å². The number of carbonyl (C=O) groups is 1. The third-order valence-corrected chi connectivity index (χ3v) is 5.82. The maximum atomic E-state index is 13.3. The topological polar surface area (TPSA) is 66.5 Å². The maximum absolute atomic E-state index is 13.3. The fourth-order valence-electron chi connectivity index (χ4n) is 3.61. The monoisotopic (exact) mass is 406 g/mol. The van der Waals surface area contributed by atoms with E-state index in [1.807, 2.05) is 54.6 Å². The Morgan fingerprint density at radius 1 is 0.966 bits per heavy atom. The van der Waals surface area contributed by atoms with Crippen LogP contribution in [0.15, 0.2) is 78.9 Å². The second-order valence-corrected chi connectivity index (χ2v) is 9.45. The van der Waals surface area contributed by atoms with Crippen LogP contribution in [0.2, 0.25) is 0 Å². The Bertz CT molecular complexity index is 1130. The number of hydrogen-bond acceptors (Lipinski definition) is 4. The van der Waals surface area contributed by atoms with Gasteiger partial charge in [0.2, 0.25) is 0 Å². The normalized spacial score (nSPS) is 16.0. The molecule has 1 N–H and O–H groups in total. The number of sulfone groups is 1. The first-order valence-corrected chi connectivity index (χ1v) is 11.5. The van der Waals surface area contributed by atoms with E-state index in [0.29, 0.717) is 17.7 Å². The summed E-state index contributed by atoms with van der Waals surface area (Å²) in [6.45, 7) is 0.505. The molecule has 0 saturated carbocycles. The summed E-state index contributed by atoms with van der Waals surface area (Å²) in [5.74, 6) is -0.139. The van der Waals surface area contributed by atoms with Crippen molar-refractivity contribution in [1.29, 1.82) is 0 Å². The Hall–Kier alpha value is -3.12. The molecule has 148 valence electrons. The van der Waals surface area contributed by atoms with Gasteiger partial charge in [-0.25, -0.2) is 8.42 Å². The van der Waals surface area contributed by atoms with E-state index in [4.69, 9.17) is 0 Å². The zero-order chi connectivity index (χ0) is 20.4. The lowest BCUT2D eigenvalue weighted by atomic mass is 10.0. The quantitative estimate of drug-likeness (QED) is 0.710. The highest BCUT2D eigenvalue weighted by atomic mass is 32.2. The fourth-order valence-corrected chi connectivity index (χ4v) is 4.41. The molecule has 1 atom stereocenters. The first-order chi connectivity index (χ1) is 13.9. The van der Waals surface area contributed by atoms with Gasteiger partial charge < -0.3 is 10.2 Å². The fraction of sp³-hybridized carbons (Fsp3) is 0.174. The molecule has 1 amide bonds. The lowest BCUT2D eigenvalue weighted by Crippen LogP contribution is -2.40. The highest BCUT2D eigenvalue weighted by molar-refractivity contribution is 7.89. The highest BCUT2D eigenvalue weighted by Crippen LogP contribution is 2.36. The minimum absolute atomic E-state index is 0.0143. The van der Waals surface area contributed by atoms with Crippen LogP contribution < -0.4 is 10.2 Å². The molecule has 1 unspecified atom stereocenters. The molecule has 1 aliphatic rings. The van der Waals surface area contributed by atoms with Crippen LogP contribution in [0.1, 0.15) is 27.5 Å². The van der Waals surface area contributed by atoms with E-state index >= 15 is 0 Å². The van der Waals surface area contributed by atoms with Gasteiger partial charge in [-0.15, -0.1) is 0 Å². The SMILES string of the molecule is CS(=O)(=O)Cc1ccc(C(=O)N2CC(c3ccccc3)Nc3ccccc32)cc1. The van der Waals surface area contributed by atoms with Gasteiger partial charge in [0.15, 0.2) is 9.84 Å². The van der Waals surface area contributed by atoms with E-state index in [1.54, 1.807) is 29.2 Å². The Balaban J connectivity index is 1.64. The molecule has 1 heterocycles. The average molecular weight is 407 g/mol. The molecular weight excluding hydrogens is 384 g/mol. The molecule has 1 aliphatic heterocycles. The van der Waals surface area contributed by atoms with Crippen molar-refractivity contribution in [3.05, 3.63) is 95.6 Å². The first-order valence-electron chi connectivity index (χ1n) is 9.40. The number of nitrogens with one attached hydrogen (secondary N) is 1. The predicted octanol–water partition coefficient (Wildman–Crippen LogP) is 4.04. The molecule has 0 aliphatic carbocycles. The smallest absolute Gasteiger partial charge is 0.258 e. The Morgan fingerprint density at radius 2 is 1.62 bits per heavy atom. The first kappa shape index (κ1) is 19.2. The second-order valence-electron chi connectivity index (χ2n) is 7.31. The maximum Gasteiger partial charge on any atom is 0.258 e. The predicted molar refractivity (Wildman–Crippen MR) is 116 cm³/mol. The zero-order valence-corrected chi connectivity index (χ0v) is 16.9. The lowest BCUT2D eigenvalue weighted by molar-refractivity contribution is 0.0985. The lowest BCUT2D eigenvalue weighted by Gasteiger charge is -2.36. The van der Waals surface area contributed by atoms with Gasteiger partial charge in [0, 0.05) is 11.8 Å². The van der Waals surface area contributed by atoms with Crippen molar-refractivity contribution in [2.75, 3.05) is 23.0 Å². The number of para-hydroxylation sites is 2. The van der Waals surface area contributed by atoms with Crippen molar-refractivity contribution in [3.8, 4) is 0 Å². The summed E-state index contributed by atoms with van der Waals surface area (Å²) < 4.78 is 23.0. The van der Waals surface area contributed by atoms with Crippen LogP contribution in [0.3, 0.4) is 0 Å². The van der Waals surface area contributed by atoms with Crippen LogP contribution >= 0.6 is 0 Å². The van der Waals surface area contributed by atoms with Crippen LogP contribution in [0.25, 0.3) is 0 Å². The third-order valence-electron chi connectivity index (χ3n) is 4.97. The van der Waals surface area contributed by atoms with Crippen molar-refractivity contribution in [1.82, 2.24) is 0 Å². The molecule has 0 bridgehead atoms. The highest BCUT2D eigenvalue weighted by Gasteiger charge is 2.29. The number of carbonyl (C=O) groups excluding carboxylic acids is 1. The van der Waals surface area contributed by atoms with Gasteiger partial charge in [0.05, 0.1) is 29.7 Å². The summed E-state index contributed by atoms with van der Waals surface area (Å²) in [5.41, 5.74) is 4.07. The number of amides is 1. The number of rotatable bonds is 4. The van der Waals surface area contributed by atoms with Gasteiger partial charge >= 0.3 is 0 Å². The van der Waals surface area contributed by atoms with E-state index in [9.17, 15) is 13.2 Å². The number of fused-ring (bicyclic) bond motifs is 1. The second kappa shape index (κ2) is 7.72. The van der Waals surface area contributed by atoms with Crippen molar-refractivity contribution >= 4 is 27.1 Å². The minimum Gasteiger partial charge on any atom is -0.375 e. The summed E-state index contributed by atoms with van der Waals surface area (Å²) >= 11 is 0.